The topological polar surface area (TPSA) is 27.1 Å². The predicted octanol–water partition coefficient (Wildman–Crippen LogP) is 8.26. The van der Waals surface area contributed by atoms with Crippen LogP contribution in [0.4, 0.5) is 17.6 Å². The monoisotopic (exact) mass is 496 g/mol. The van der Waals surface area contributed by atoms with Crippen LogP contribution in [0, 0.1) is 5.82 Å². The van der Waals surface area contributed by atoms with Gasteiger partial charge in [0.1, 0.15) is 17.2 Å². The van der Waals surface area contributed by atoms with E-state index in [0.29, 0.717) is 39.7 Å². The molecule has 2 heterocycles. The molecule has 4 rings (SSSR count). The van der Waals surface area contributed by atoms with Gasteiger partial charge in [-0.2, -0.15) is 13.2 Å². The second-order valence-electron chi connectivity index (χ2n) is 9.62. The Hall–Kier alpha value is -3.61. The van der Waals surface area contributed by atoms with Crippen molar-refractivity contribution in [1.82, 2.24) is 9.55 Å². The van der Waals surface area contributed by atoms with Crippen LogP contribution in [0.25, 0.3) is 27.8 Å². The first-order valence-electron chi connectivity index (χ1n) is 11.7. The number of nitrogens with zero attached hydrogens (tertiary/aromatic N) is 2. The average Bonchev–Trinajstić information content (AvgIpc) is 3.12. The zero-order valence-electron chi connectivity index (χ0n) is 20.7. The maximum absolute atomic E-state index is 14.7. The Morgan fingerprint density at radius 3 is 2.39 bits per heavy atom. The van der Waals surface area contributed by atoms with Crippen LogP contribution in [0.1, 0.15) is 50.2 Å². The number of hydrogen-bond acceptors (Lipinski definition) is 2. The first-order valence-corrected chi connectivity index (χ1v) is 11.7. The number of aryl methyl sites for hydroxylation is 1. The van der Waals surface area contributed by atoms with Gasteiger partial charge in [-0.3, -0.25) is 4.98 Å². The smallest absolute Gasteiger partial charge is 0.416 e. The van der Waals surface area contributed by atoms with Gasteiger partial charge in [-0.25, -0.2) is 4.39 Å². The van der Waals surface area contributed by atoms with Crippen LogP contribution in [-0.4, -0.2) is 15.2 Å². The van der Waals surface area contributed by atoms with Gasteiger partial charge in [-0.05, 0) is 57.5 Å². The zero-order valence-corrected chi connectivity index (χ0v) is 20.7. The molecular formula is C29H28F4N2O. The van der Waals surface area contributed by atoms with Crippen molar-refractivity contribution in [2.45, 2.75) is 52.4 Å². The molecule has 0 aliphatic rings. The zero-order chi connectivity index (χ0) is 26.3. The van der Waals surface area contributed by atoms with Gasteiger partial charge in [0.2, 0.25) is 0 Å². The van der Waals surface area contributed by atoms with E-state index in [1.165, 1.54) is 12.1 Å². The number of alkyl halides is 3. The largest absolute Gasteiger partial charge is 0.487 e. The van der Waals surface area contributed by atoms with E-state index >= 15 is 0 Å². The normalized spacial score (nSPS) is 12.2. The molecule has 0 N–H and O–H groups in total. The molecule has 4 aromatic rings. The molecule has 0 fully saturated rings. The van der Waals surface area contributed by atoms with E-state index < -0.39 is 23.2 Å². The summed E-state index contributed by atoms with van der Waals surface area (Å²) in [6, 6.07) is 13.5. The SMILES string of the molecule is C=C(OC(C)(C)C)c1c(-c2cccnc2CC)c2cc(C(F)(F)F)ccc2n1Cc1ccccc1F. The van der Waals surface area contributed by atoms with E-state index in [4.69, 9.17) is 4.74 Å². The van der Waals surface area contributed by atoms with Crippen LogP contribution < -0.4 is 0 Å². The van der Waals surface area contributed by atoms with Gasteiger partial charge in [0.05, 0.1) is 17.8 Å². The molecule has 0 spiro atoms. The molecule has 188 valence electrons. The minimum Gasteiger partial charge on any atom is -0.487 e. The van der Waals surface area contributed by atoms with Crippen LogP contribution in [-0.2, 0) is 23.9 Å². The van der Waals surface area contributed by atoms with Crippen molar-refractivity contribution in [3.05, 3.63) is 95.7 Å². The first-order chi connectivity index (χ1) is 16.9. The summed E-state index contributed by atoms with van der Waals surface area (Å²) in [5.74, 6) is -0.124. The summed E-state index contributed by atoms with van der Waals surface area (Å²) in [4.78, 5) is 4.47. The van der Waals surface area contributed by atoms with Crippen LogP contribution in [0.3, 0.4) is 0 Å². The summed E-state index contributed by atoms with van der Waals surface area (Å²) in [6.45, 7) is 11.8. The highest BCUT2D eigenvalue weighted by molar-refractivity contribution is 6.02. The molecule has 0 saturated heterocycles. The fourth-order valence-corrected chi connectivity index (χ4v) is 4.42. The van der Waals surface area contributed by atoms with Gasteiger partial charge < -0.3 is 9.30 Å². The number of halogens is 4. The first kappa shape index (κ1) is 25.5. The summed E-state index contributed by atoms with van der Waals surface area (Å²) in [6.07, 6.45) is -2.30. The van der Waals surface area contributed by atoms with Crippen LogP contribution >= 0.6 is 0 Å². The molecule has 0 amide bonds. The Labute approximate surface area is 208 Å². The van der Waals surface area contributed by atoms with Gasteiger partial charge in [0.25, 0.3) is 0 Å². The summed E-state index contributed by atoms with van der Waals surface area (Å²) < 4.78 is 64.0. The van der Waals surface area contributed by atoms with Crippen LogP contribution in [0.15, 0.2) is 67.4 Å². The number of hydrogen-bond donors (Lipinski definition) is 0. The molecule has 2 aromatic heterocycles. The number of pyridine rings is 1. The summed E-state index contributed by atoms with van der Waals surface area (Å²) >= 11 is 0. The van der Waals surface area contributed by atoms with Crippen molar-refractivity contribution < 1.29 is 22.3 Å². The van der Waals surface area contributed by atoms with E-state index in [2.05, 4.69) is 11.6 Å². The number of benzene rings is 2. The third kappa shape index (κ3) is 5.01. The quantitative estimate of drug-likeness (QED) is 0.198. The summed E-state index contributed by atoms with van der Waals surface area (Å²) in [5, 5.41) is 0.373. The Kier molecular flexibility index (Phi) is 6.69. The van der Waals surface area contributed by atoms with Crippen molar-refractivity contribution in [1.29, 1.82) is 0 Å². The Bertz CT molecular complexity index is 1430. The fraction of sp³-hybridized carbons (Fsp3) is 0.276. The lowest BCUT2D eigenvalue weighted by Crippen LogP contribution is -2.19. The molecule has 2 aromatic carbocycles. The predicted molar refractivity (Wildman–Crippen MR) is 135 cm³/mol. The third-order valence-corrected chi connectivity index (χ3v) is 5.86. The molecule has 0 bridgehead atoms. The van der Waals surface area contributed by atoms with Crippen molar-refractivity contribution in [3.8, 4) is 11.1 Å². The van der Waals surface area contributed by atoms with Crippen LogP contribution in [0.2, 0.25) is 0 Å². The molecule has 0 radical (unpaired) electrons. The molecule has 7 heteroatoms. The molecule has 3 nitrogen and oxygen atoms in total. The Morgan fingerprint density at radius 2 is 1.75 bits per heavy atom. The Morgan fingerprint density at radius 1 is 1.03 bits per heavy atom. The second kappa shape index (κ2) is 9.45. The van der Waals surface area contributed by atoms with E-state index in [9.17, 15) is 17.6 Å². The summed E-state index contributed by atoms with van der Waals surface area (Å²) in [7, 11) is 0. The van der Waals surface area contributed by atoms with E-state index in [1.807, 2.05) is 33.8 Å². The lowest BCUT2D eigenvalue weighted by molar-refractivity contribution is -0.137. The molecule has 36 heavy (non-hydrogen) atoms. The summed E-state index contributed by atoms with van der Waals surface area (Å²) in [5.41, 5.74) is 1.96. The number of rotatable bonds is 6. The molecule has 0 saturated carbocycles. The Balaban J connectivity index is 2.12. The van der Waals surface area contributed by atoms with E-state index in [0.717, 1.165) is 17.8 Å². The van der Waals surface area contributed by atoms with Crippen molar-refractivity contribution >= 4 is 16.7 Å². The van der Waals surface area contributed by atoms with E-state index in [-0.39, 0.29) is 12.3 Å². The lowest BCUT2D eigenvalue weighted by atomic mass is 9.97. The third-order valence-electron chi connectivity index (χ3n) is 5.86. The van der Waals surface area contributed by atoms with Crippen molar-refractivity contribution in [2.24, 2.45) is 0 Å². The standard InChI is InChI=1S/C29H28F4N2O/c1-6-24-21(11-9-15-34-24)26-22-16-20(29(31,32)33)13-14-25(22)35(17-19-10-7-8-12-23(19)30)27(26)18(2)36-28(3,4)5/h7-16H,2,6,17H2,1,3-5H3. The molecule has 0 aliphatic heterocycles. The molecular weight excluding hydrogens is 468 g/mol. The fourth-order valence-electron chi connectivity index (χ4n) is 4.42. The minimum absolute atomic E-state index is 0.0815. The average molecular weight is 497 g/mol. The van der Waals surface area contributed by atoms with Gasteiger partial charge in [0.15, 0.2) is 0 Å². The minimum atomic E-state index is -4.53. The van der Waals surface area contributed by atoms with Gasteiger partial charge >= 0.3 is 6.18 Å². The maximum atomic E-state index is 14.7. The van der Waals surface area contributed by atoms with Crippen LogP contribution in [0.5, 0.6) is 0 Å². The highest BCUT2D eigenvalue weighted by Gasteiger charge is 2.33. The van der Waals surface area contributed by atoms with Gasteiger partial charge in [0, 0.05) is 39.5 Å². The number of fused-ring (bicyclic) bond motifs is 1. The second-order valence-corrected chi connectivity index (χ2v) is 9.62. The number of ether oxygens (including phenoxy) is 1. The molecule has 0 aliphatic carbocycles. The van der Waals surface area contributed by atoms with Gasteiger partial charge in [-0.15, -0.1) is 0 Å². The maximum Gasteiger partial charge on any atom is 0.416 e. The van der Waals surface area contributed by atoms with Crippen molar-refractivity contribution in [2.75, 3.05) is 0 Å². The van der Waals surface area contributed by atoms with Gasteiger partial charge in [-0.1, -0.05) is 37.8 Å². The number of aromatic nitrogens is 2. The highest BCUT2D eigenvalue weighted by atomic mass is 19.4. The highest BCUT2D eigenvalue weighted by Crippen LogP contribution is 2.43. The molecule has 0 unspecified atom stereocenters. The van der Waals surface area contributed by atoms with E-state index in [1.54, 1.807) is 35.0 Å². The lowest BCUT2D eigenvalue weighted by Gasteiger charge is -2.25. The molecule has 0 atom stereocenters. The van der Waals surface area contributed by atoms with Crippen molar-refractivity contribution in [3.63, 3.8) is 0 Å².